The number of ether oxygens (including phenoxy) is 1. The van der Waals surface area contributed by atoms with E-state index in [4.69, 9.17) is 4.74 Å². The number of hydrogen-bond donors (Lipinski definition) is 1. The van der Waals surface area contributed by atoms with E-state index in [1.165, 1.54) is 11.3 Å². The predicted octanol–water partition coefficient (Wildman–Crippen LogP) is 4.19. The fraction of sp³-hybridized carbons (Fsp3) is 0.143. The zero-order valence-corrected chi connectivity index (χ0v) is 15.0. The third-order valence-electron chi connectivity index (χ3n) is 2.46. The maximum absolute atomic E-state index is 11.8. The summed E-state index contributed by atoms with van der Waals surface area (Å²) in [6, 6.07) is 11.1. The molecule has 1 aromatic carbocycles. The molecule has 1 aromatic heterocycles. The van der Waals surface area contributed by atoms with Crippen molar-refractivity contribution in [3.05, 3.63) is 49.5 Å². The van der Waals surface area contributed by atoms with Gasteiger partial charge in [0, 0.05) is 9.35 Å². The number of benzene rings is 1. The molecule has 2 aromatic rings. The van der Waals surface area contributed by atoms with Gasteiger partial charge in [0.25, 0.3) is 5.91 Å². The number of carbonyl (C=O) groups is 1. The zero-order valence-electron chi connectivity index (χ0n) is 11.0. The predicted molar refractivity (Wildman–Crippen MR) is 92.0 cm³/mol. The first-order valence-electron chi connectivity index (χ1n) is 6.05. The van der Waals surface area contributed by atoms with Crippen molar-refractivity contribution in [2.75, 3.05) is 0 Å². The van der Waals surface area contributed by atoms with Gasteiger partial charge in [-0.05, 0) is 59.3 Å². The molecule has 1 amide bonds. The van der Waals surface area contributed by atoms with E-state index in [-0.39, 0.29) is 5.91 Å². The Morgan fingerprint density at radius 2 is 2.00 bits per heavy atom. The van der Waals surface area contributed by atoms with Crippen molar-refractivity contribution in [2.45, 2.75) is 13.0 Å². The third-order valence-corrected chi connectivity index (χ3v) is 4.54. The smallest absolute Gasteiger partial charge is 0.280 e. The molecule has 2 rings (SSSR count). The standard InChI is InChI=1S/C14H12Br2N2O2S/c1-9(20-11-4-2-10(15)3-5-11)14(19)18-17-8-12-6-7-13(16)21-12/h2-9H,1H3,(H,18,19)/b17-8+. The van der Waals surface area contributed by atoms with Gasteiger partial charge in [0.15, 0.2) is 6.10 Å². The summed E-state index contributed by atoms with van der Waals surface area (Å²) >= 11 is 8.24. The molecule has 0 fully saturated rings. The first kappa shape index (κ1) is 16.2. The van der Waals surface area contributed by atoms with Crippen LogP contribution in [0, 0.1) is 0 Å². The second kappa shape index (κ2) is 7.72. The van der Waals surface area contributed by atoms with Gasteiger partial charge >= 0.3 is 0 Å². The molecule has 1 atom stereocenters. The second-order valence-electron chi connectivity index (χ2n) is 4.09. The molecule has 0 radical (unpaired) electrons. The van der Waals surface area contributed by atoms with Crippen LogP contribution in [0.3, 0.4) is 0 Å². The molecule has 0 aliphatic heterocycles. The SMILES string of the molecule is CC(Oc1ccc(Br)cc1)C(=O)N/N=C/c1ccc(Br)s1. The van der Waals surface area contributed by atoms with Gasteiger partial charge in [0.1, 0.15) is 5.75 Å². The second-order valence-corrected chi connectivity index (χ2v) is 7.50. The summed E-state index contributed by atoms with van der Waals surface area (Å²) in [4.78, 5) is 12.8. The number of amides is 1. The van der Waals surface area contributed by atoms with Gasteiger partial charge in [-0.2, -0.15) is 5.10 Å². The number of hydrogen-bond acceptors (Lipinski definition) is 4. The maximum atomic E-state index is 11.8. The number of thiophene rings is 1. The molecule has 4 nitrogen and oxygen atoms in total. The topological polar surface area (TPSA) is 50.7 Å². The Labute approximate surface area is 143 Å². The van der Waals surface area contributed by atoms with Crippen LogP contribution in [0.2, 0.25) is 0 Å². The molecule has 110 valence electrons. The molecule has 0 aliphatic rings. The summed E-state index contributed by atoms with van der Waals surface area (Å²) in [6.45, 7) is 1.68. The zero-order chi connectivity index (χ0) is 15.2. The number of hydrazone groups is 1. The van der Waals surface area contributed by atoms with Crippen LogP contribution in [-0.2, 0) is 4.79 Å². The molecule has 0 bridgehead atoms. The quantitative estimate of drug-likeness (QED) is 0.569. The lowest BCUT2D eigenvalue weighted by Gasteiger charge is -2.12. The number of halogens is 2. The van der Waals surface area contributed by atoms with Crippen molar-refractivity contribution in [1.29, 1.82) is 0 Å². The normalized spacial score (nSPS) is 12.3. The highest BCUT2D eigenvalue weighted by Crippen LogP contribution is 2.20. The Morgan fingerprint density at radius 3 is 2.62 bits per heavy atom. The molecule has 7 heteroatoms. The third kappa shape index (κ3) is 5.26. The summed E-state index contributed by atoms with van der Waals surface area (Å²) in [6.07, 6.45) is 0.970. The van der Waals surface area contributed by atoms with Crippen LogP contribution < -0.4 is 10.2 Å². The fourth-order valence-corrected chi connectivity index (χ4v) is 2.98. The summed E-state index contributed by atoms with van der Waals surface area (Å²) in [5, 5.41) is 3.91. The molecule has 0 saturated carbocycles. The van der Waals surface area contributed by atoms with Crippen LogP contribution in [0.5, 0.6) is 5.75 Å². The minimum atomic E-state index is -0.626. The highest BCUT2D eigenvalue weighted by molar-refractivity contribution is 9.11. The fourth-order valence-electron chi connectivity index (χ4n) is 1.42. The summed E-state index contributed by atoms with van der Waals surface area (Å²) in [7, 11) is 0. The van der Waals surface area contributed by atoms with Gasteiger partial charge in [0.2, 0.25) is 0 Å². The highest BCUT2D eigenvalue weighted by atomic mass is 79.9. The van der Waals surface area contributed by atoms with Crippen LogP contribution >= 0.6 is 43.2 Å². The van der Waals surface area contributed by atoms with Crippen molar-refractivity contribution in [2.24, 2.45) is 5.10 Å². The largest absolute Gasteiger partial charge is 0.481 e. The molecule has 1 unspecified atom stereocenters. The van der Waals surface area contributed by atoms with Crippen LogP contribution in [0.1, 0.15) is 11.8 Å². The van der Waals surface area contributed by atoms with E-state index in [9.17, 15) is 4.79 Å². The lowest BCUT2D eigenvalue weighted by Crippen LogP contribution is -2.33. The summed E-state index contributed by atoms with van der Waals surface area (Å²) in [5.74, 6) is 0.330. The van der Waals surface area contributed by atoms with Crippen molar-refractivity contribution in [1.82, 2.24) is 5.43 Å². The van der Waals surface area contributed by atoms with Gasteiger partial charge in [-0.25, -0.2) is 5.43 Å². The van der Waals surface area contributed by atoms with Crippen LogP contribution in [0.25, 0.3) is 0 Å². The number of nitrogens with zero attached hydrogens (tertiary/aromatic N) is 1. The molecule has 0 spiro atoms. The summed E-state index contributed by atoms with van der Waals surface area (Å²) < 4.78 is 7.50. The van der Waals surface area contributed by atoms with Crippen molar-refractivity contribution in [3.8, 4) is 5.75 Å². The Kier molecular flexibility index (Phi) is 5.96. The number of carbonyl (C=O) groups excluding carboxylic acids is 1. The molecule has 0 aliphatic carbocycles. The minimum Gasteiger partial charge on any atom is -0.481 e. The molecular formula is C14H12Br2N2O2S. The minimum absolute atomic E-state index is 0.301. The average Bonchev–Trinajstić information content (AvgIpc) is 2.87. The Hall–Kier alpha value is -1.18. The monoisotopic (exact) mass is 430 g/mol. The van der Waals surface area contributed by atoms with E-state index in [2.05, 4.69) is 42.4 Å². The van der Waals surface area contributed by atoms with Crippen LogP contribution in [0.15, 0.2) is 49.8 Å². The van der Waals surface area contributed by atoms with E-state index < -0.39 is 6.10 Å². The van der Waals surface area contributed by atoms with Gasteiger partial charge in [-0.1, -0.05) is 15.9 Å². The van der Waals surface area contributed by atoms with Crippen molar-refractivity contribution in [3.63, 3.8) is 0 Å². The first-order valence-corrected chi connectivity index (χ1v) is 8.45. The van der Waals surface area contributed by atoms with E-state index in [1.807, 2.05) is 24.3 Å². The molecule has 1 heterocycles. The Bertz CT molecular complexity index is 641. The van der Waals surface area contributed by atoms with E-state index >= 15 is 0 Å². The number of nitrogens with one attached hydrogen (secondary N) is 1. The van der Waals surface area contributed by atoms with Gasteiger partial charge in [-0.3, -0.25) is 4.79 Å². The Morgan fingerprint density at radius 1 is 1.29 bits per heavy atom. The van der Waals surface area contributed by atoms with Crippen LogP contribution in [0.4, 0.5) is 0 Å². The first-order chi connectivity index (χ1) is 10.0. The van der Waals surface area contributed by atoms with Gasteiger partial charge in [-0.15, -0.1) is 11.3 Å². The highest BCUT2D eigenvalue weighted by Gasteiger charge is 2.13. The summed E-state index contributed by atoms with van der Waals surface area (Å²) in [5.41, 5.74) is 2.46. The van der Waals surface area contributed by atoms with Gasteiger partial charge < -0.3 is 4.74 Å². The lowest BCUT2D eigenvalue weighted by atomic mass is 10.3. The Balaban J connectivity index is 1.85. The van der Waals surface area contributed by atoms with Crippen molar-refractivity contribution < 1.29 is 9.53 Å². The molecular weight excluding hydrogens is 420 g/mol. The van der Waals surface area contributed by atoms with Gasteiger partial charge in [0.05, 0.1) is 10.0 Å². The van der Waals surface area contributed by atoms with E-state index in [0.29, 0.717) is 5.75 Å². The molecule has 0 saturated heterocycles. The maximum Gasteiger partial charge on any atom is 0.280 e. The van der Waals surface area contributed by atoms with Crippen molar-refractivity contribution >= 4 is 55.3 Å². The van der Waals surface area contributed by atoms with E-state index in [1.54, 1.807) is 25.3 Å². The lowest BCUT2D eigenvalue weighted by molar-refractivity contribution is -0.127. The molecule has 1 N–H and O–H groups in total. The average molecular weight is 432 g/mol. The van der Waals surface area contributed by atoms with E-state index in [0.717, 1.165) is 13.1 Å². The molecule has 21 heavy (non-hydrogen) atoms. The van der Waals surface area contributed by atoms with Crippen LogP contribution in [-0.4, -0.2) is 18.2 Å². The number of rotatable bonds is 5.